The van der Waals surface area contributed by atoms with Gasteiger partial charge in [-0.3, -0.25) is 15.5 Å². The summed E-state index contributed by atoms with van der Waals surface area (Å²) in [4.78, 5) is 13.9. The SMILES string of the molecule is C#CCOc1c(Br)cc(/C=N/Nc2ccc([N+](=O)[O-])cn2)cc1Br. The molecule has 0 saturated heterocycles. The molecule has 0 aliphatic carbocycles. The van der Waals surface area contributed by atoms with E-state index in [-0.39, 0.29) is 12.3 Å². The Kier molecular flexibility index (Phi) is 6.28. The van der Waals surface area contributed by atoms with Gasteiger partial charge in [0.25, 0.3) is 5.69 Å². The van der Waals surface area contributed by atoms with Crippen molar-refractivity contribution in [2.45, 2.75) is 0 Å². The number of anilines is 1. The molecule has 24 heavy (non-hydrogen) atoms. The topological polar surface area (TPSA) is 89.6 Å². The molecule has 0 unspecified atom stereocenters. The highest BCUT2D eigenvalue weighted by Crippen LogP contribution is 2.34. The second-order valence-electron chi connectivity index (χ2n) is 4.34. The first kappa shape index (κ1) is 17.9. The van der Waals surface area contributed by atoms with Crippen molar-refractivity contribution in [1.82, 2.24) is 4.98 Å². The van der Waals surface area contributed by atoms with Gasteiger partial charge in [0.05, 0.1) is 20.1 Å². The van der Waals surface area contributed by atoms with Crippen molar-refractivity contribution in [2.75, 3.05) is 12.0 Å². The molecule has 122 valence electrons. The third-order valence-electron chi connectivity index (χ3n) is 2.67. The predicted molar refractivity (Wildman–Crippen MR) is 98.3 cm³/mol. The lowest BCUT2D eigenvalue weighted by Gasteiger charge is -2.08. The summed E-state index contributed by atoms with van der Waals surface area (Å²) in [6.45, 7) is 0.165. The van der Waals surface area contributed by atoms with Crippen molar-refractivity contribution < 1.29 is 9.66 Å². The van der Waals surface area contributed by atoms with Gasteiger partial charge in [0.2, 0.25) is 0 Å². The van der Waals surface area contributed by atoms with Gasteiger partial charge in [-0.1, -0.05) is 5.92 Å². The van der Waals surface area contributed by atoms with Gasteiger partial charge in [-0.05, 0) is 55.6 Å². The Morgan fingerprint density at radius 1 is 1.42 bits per heavy atom. The molecule has 9 heteroatoms. The largest absolute Gasteiger partial charge is 0.479 e. The molecule has 0 aliphatic heterocycles. The van der Waals surface area contributed by atoms with Crippen molar-refractivity contribution in [3.05, 3.63) is 55.1 Å². The number of pyridine rings is 1. The van der Waals surface area contributed by atoms with Gasteiger partial charge in [0.15, 0.2) is 0 Å². The highest BCUT2D eigenvalue weighted by Gasteiger charge is 2.08. The highest BCUT2D eigenvalue weighted by molar-refractivity contribution is 9.11. The van der Waals surface area contributed by atoms with Crippen molar-refractivity contribution >= 4 is 49.6 Å². The number of halogens is 2. The Labute approximate surface area is 154 Å². The van der Waals surface area contributed by atoms with Crippen molar-refractivity contribution in [3.8, 4) is 18.1 Å². The Bertz CT molecular complexity index is 793. The number of benzene rings is 1. The van der Waals surface area contributed by atoms with Crippen LogP contribution in [0.25, 0.3) is 0 Å². The average molecular weight is 454 g/mol. The molecule has 7 nitrogen and oxygen atoms in total. The second-order valence-corrected chi connectivity index (χ2v) is 6.04. The molecule has 0 spiro atoms. The molecule has 0 atom stereocenters. The van der Waals surface area contributed by atoms with Crippen LogP contribution in [0.1, 0.15) is 5.56 Å². The van der Waals surface area contributed by atoms with E-state index in [0.29, 0.717) is 11.6 Å². The van der Waals surface area contributed by atoms with E-state index < -0.39 is 4.92 Å². The van der Waals surface area contributed by atoms with Crippen LogP contribution in [-0.4, -0.2) is 22.7 Å². The van der Waals surface area contributed by atoms with Gasteiger partial charge >= 0.3 is 0 Å². The van der Waals surface area contributed by atoms with Crippen molar-refractivity contribution in [1.29, 1.82) is 0 Å². The number of aromatic nitrogens is 1. The Hall–Kier alpha value is -2.44. The van der Waals surface area contributed by atoms with Gasteiger partial charge in [-0.2, -0.15) is 5.10 Å². The van der Waals surface area contributed by atoms with E-state index in [1.54, 1.807) is 6.21 Å². The zero-order valence-electron chi connectivity index (χ0n) is 12.1. The van der Waals surface area contributed by atoms with E-state index in [1.807, 2.05) is 12.1 Å². The number of hydrazone groups is 1. The van der Waals surface area contributed by atoms with Gasteiger partial charge in [0.1, 0.15) is 24.4 Å². The molecule has 1 heterocycles. The third kappa shape index (κ3) is 4.78. The van der Waals surface area contributed by atoms with E-state index in [9.17, 15) is 10.1 Å². The number of terminal acetylenes is 1. The fourth-order valence-corrected chi connectivity index (χ4v) is 3.09. The van der Waals surface area contributed by atoms with E-state index in [0.717, 1.165) is 20.7 Å². The number of hydrogen-bond acceptors (Lipinski definition) is 6. The van der Waals surface area contributed by atoms with Gasteiger partial charge < -0.3 is 4.74 Å². The minimum atomic E-state index is -0.515. The Morgan fingerprint density at radius 2 is 2.12 bits per heavy atom. The lowest BCUT2D eigenvalue weighted by atomic mass is 10.2. The van der Waals surface area contributed by atoms with E-state index in [1.165, 1.54) is 12.1 Å². The summed E-state index contributed by atoms with van der Waals surface area (Å²) < 4.78 is 6.87. The monoisotopic (exact) mass is 452 g/mol. The Morgan fingerprint density at radius 3 is 2.67 bits per heavy atom. The first-order valence-corrected chi connectivity index (χ1v) is 8.04. The molecule has 1 N–H and O–H groups in total. The smallest absolute Gasteiger partial charge is 0.287 e. The molecule has 2 aromatic rings. The quantitative estimate of drug-likeness (QED) is 0.309. The minimum absolute atomic E-state index is 0.0834. The number of nitro groups is 1. The van der Waals surface area contributed by atoms with Gasteiger partial charge in [0, 0.05) is 6.07 Å². The fraction of sp³-hybridized carbons (Fsp3) is 0.0667. The molecule has 0 bridgehead atoms. The van der Waals surface area contributed by atoms with Crippen LogP contribution < -0.4 is 10.2 Å². The number of ether oxygens (including phenoxy) is 1. The molecule has 1 aromatic carbocycles. The van der Waals surface area contributed by atoms with E-state index in [2.05, 4.69) is 53.3 Å². The molecule has 1 aromatic heterocycles. The number of rotatable bonds is 6. The molecule has 0 radical (unpaired) electrons. The maximum Gasteiger partial charge on any atom is 0.287 e. The number of nitrogens with one attached hydrogen (secondary N) is 1. The van der Waals surface area contributed by atoms with Crippen molar-refractivity contribution in [2.24, 2.45) is 5.10 Å². The molecule has 0 amide bonds. The first-order valence-electron chi connectivity index (χ1n) is 6.46. The van der Waals surface area contributed by atoms with Gasteiger partial charge in [-0.25, -0.2) is 4.98 Å². The molecular weight excluding hydrogens is 444 g/mol. The number of nitrogens with zero attached hydrogens (tertiary/aromatic N) is 3. The van der Waals surface area contributed by atoms with Crippen molar-refractivity contribution in [3.63, 3.8) is 0 Å². The molecule has 2 rings (SSSR count). The lowest BCUT2D eigenvalue weighted by Crippen LogP contribution is -1.97. The minimum Gasteiger partial charge on any atom is -0.479 e. The van der Waals surface area contributed by atoms with Crippen LogP contribution in [0.15, 0.2) is 44.5 Å². The van der Waals surface area contributed by atoms with E-state index in [4.69, 9.17) is 11.2 Å². The zero-order chi connectivity index (χ0) is 17.5. The first-order chi connectivity index (χ1) is 11.5. The summed E-state index contributed by atoms with van der Waals surface area (Å²) in [7, 11) is 0. The summed E-state index contributed by atoms with van der Waals surface area (Å²) >= 11 is 6.81. The summed E-state index contributed by atoms with van der Waals surface area (Å²) in [5.41, 5.74) is 3.40. The van der Waals surface area contributed by atoms with Gasteiger partial charge in [-0.15, -0.1) is 6.42 Å². The molecule has 0 aliphatic rings. The maximum atomic E-state index is 10.6. The summed E-state index contributed by atoms with van der Waals surface area (Å²) in [6, 6.07) is 6.43. The lowest BCUT2D eigenvalue weighted by molar-refractivity contribution is -0.385. The molecule has 0 saturated carbocycles. The van der Waals surface area contributed by atoms with Crippen LogP contribution in [0.5, 0.6) is 5.75 Å². The van der Waals surface area contributed by atoms with Crippen LogP contribution in [0.3, 0.4) is 0 Å². The van der Waals surface area contributed by atoms with Crippen LogP contribution in [0, 0.1) is 22.5 Å². The van der Waals surface area contributed by atoms with Crippen LogP contribution in [-0.2, 0) is 0 Å². The fourth-order valence-electron chi connectivity index (χ4n) is 1.64. The Balaban J connectivity index is 2.06. The zero-order valence-corrected chi connectivity index (χ0v) is 15.2. The molecular formula is C15H10Br2N4O3. The standard InChI is InChI=1S/C15H10Br2N4O3/c1-2-5-24-15-12(16)6-10(7-13(15)17)8-19-20-14-4-3-11(9-18-14)21(22)23/h1,3-4,6-9H,5H2,(H,18,20)/b19-8+. The van der Waals surface area contributed by atoms with Crippen LogP contribution in [0.4, 0.5) is 11.5 Å². The van der Waals surface area contributed by atoms with E-state index >= 15 is 0 Å². The maximum absolute atomic E-state index is 10.6. The number of hydrogen-bond donors (Lipinski definition) is 1. The predicted octanol–water partition coefficient (Wildman–Crippen LogP) is 3.97. The normalized spacial score (nSPS) is 10.4. The summed E-state index contributed by atoms with van der Waals surface area (Å²) in [6.07, 6.45) is 7.90. The van der Waals surface area contributed by atoms with Crippen LogP contribution in [0.2, 0.25) is 0 Å². The second kappa shape index (κ2) is 8.42. The van der Waals surface area contributed by atoms with Crippen LogP contribution >= 0.6 is 31.9 Å². The molecule has 0 fully saturated rings. The summed E-state index contributed by atoms with van der Waals surface area (Å²) in [5, 5.41) is 14.6. The average Bonchev–Trinajstić information content (AvgIpc) is 2.54. The highest BCUT2D eigenvalue weighted by atomic mass is 79.9. The summed E-state index contributed by atoms with van der Waals surface area (Å²) in [5.74, 6) is 3.40. The third-order valence-corrected chi connectivity index (χ3v) is 3.85.